The molecule has 6 nitrogen and oxygen atoms in total. The average molecular weight is 499 g/mol. The van der Waals surface area contributed by atoms with Crippen molar-refractivity contribution in [2.45, 2.75) is 104 Å². The van der Waals surface area contributed by atoms with E-state index in [1.165, 1.54) is 102 Å². The first kappa shape index (κ1) is 28.6. The summed E-state index contributed by atoms with van der Waals surface area (Å²) in [5.74, 6) is 1.05. The summed E-state index contributed by atoms with van der Waals surface area (Å²) in [6.45, 7) is 12.6. The fourth-order valence-electron chi connectivity index (χ4n) is 5.34. The summed E-state index contributed by atoms with van der Waals surface area (Å²) in [4.78, 5) is 21.8. The topological polar surface area (TPSA) is 50.6 Å². The quantitative estimate of drug-likeness (QED) is 0.192. The van der Waals surface area contributed by atoms with Gasteiger partial charge >= 0.3 is 5.97 Å². The summed E-state index contributed by atoms with van der Waals surface area (Å²) in [5, 5.41) is 0. The molecule has 3 rings (SSSR count). The molecule has 0 radical (unpaired) electrons. The Kier molecular flexibility index (Phi) is 12.8. The van der Waals surface area contributed by atoms with Crippen LogP contribution in [0.3, 0.4) is 0 Å². The van der Waals surface area contributed by atoms with Crippen LogP contribution in [0.1, 0.15) is 95.9 Å². The van der Waals surface area contributed by atoms with E-state index in [2.05, 4.69) is 46.4 Å². The van der Waals surface area contributed by atoms with Crippen molar-refractivity contribution in [2.24, 2.45) is 0 Å². The third-order valence-corrected chi connectivity index (χ3v) is 7.52. The van der Waals surface area contributed by atoms with Crippen LogP contribution in [0.5, 0.6) is 0 Å². The molecular weight excluding hydrogens is 448 g/mol. The molecule has 2 heterocycles. The molecule has 0 N–H and O–H groups in total. The number of imidazole rings is 1. The highest BCUT2D eigenvalue weighted by molar-refractivity contribution is 5.77. The Morgan fingerprint density at radius 1 is 0.972 bits per heavy atom. The zero-order valence-electron chi connectivity index (χ0n) is 23.3. The number of unbranched alkanes of at least 4 members (excludes halogenated alkanes) is 3. The number of aromatic nitrogens is 2. The number of nitrogens with zero attached hydrogens (tertiary/aromatic N) is 4. The SMILES string of the molecule is CCCCN(CCCC)Cc1ccc2nc(CCCCC(=O)OC)n(CCCN3CCCCC3)c2c1. The number of methoxy groups -OCH3 is 1. The van der Waals surface area contributed by atoms with Crippen molar-refractivity contribution < 1.29 is 9.53 Å². The summed E-state index contributed by atoms with van der Waals surface area (Å²) in [6.07, 6.45) is 13.4. The number of piperidine rings is 1. The molecule has 0 aliphatic carbocycles. The van der Waals surface area contributed by atoms with Gasteiger partial charge in [-0.15, -0.1) is 0 Å². The van der Waals surface area contributed by atoms with E-state index in [9.17, 15) is 4.79 Å². The molecular formula is C30H50N4O2. The second-order valence-corrected chi connectivity index (χ2v) is 10.5. The first-order valence-corrected chi connectivity index (χ1v) is 14.6. The van der Waals surface area contributed by atoms with Crippen LogP contribution in [0.15, 0.2) is 18.2 Å². The molecule has 1 aromatic carbocycles. The van der Waals surface area contributed by atoms with Gasteiger partial charge in [-0.05, 0) is 95.4 Å². The van der Waals surface area contributed by atoms with Gasteiger partial charge in [-0.25, -0.2) is 4.98 Å². The molecule has 0 spiro atoms. The number of esters is 1. The predicted molar refractivity (Wildman–Crippen MR) is 149 cm³/mol. The normalized spacial score (nSPS) is 14.7. The third-order valence-electron chi connectivity index (χ3n) is 7.52. The number of likely N-dealkylation sites (tertiary alicyclic amines) is 1. The molecule has 1 aromatic heterocycles. The maximum atomic E-state index is 11.5. The van der Waals surface area contributed by atoms with Crippen molar-refractivity contribution in [3.8, 4) is 0 Å². The van der Waals surface area contributed by atoms with Crippen molar-refractivity contribution in [3.05, 3.63) is 29.6 Å². The number of fused-ring (bicyclic) bond motifs is 1. The Morgan fingerprint density at radius 2 is 1.72 bits per heavy atom. The summed E-state index contributed by atoms with van der Waals surface area (Å²) in [7, 11) is 1.47. The molecule has 0 amide bonds. The van der Waals surface area contributed by atoms with Crippen molar-refractivity contribution in [1.29, 1.82) is 0 Å². The molecule has 0 saturated carbocycles. The van der Waals surface area contributed by atoms with Gasteiger partial charge in [-0.2, -0.15) is 0 Å². The zero-order chi connectivity index (χ0) is 25.6. The first-order valence-electron chi connectivity index (χ1n) is 14.6. The number of aryl methyl sites for hydroxylation is 2. The van der Waals surface area contributed by atoms with Gasteiger partial charge in [0.1, 0.15) is 5.82 Å². The van der Waals surface area contributed by atoms with Crippen LogP contribution in [0.2, 0.25) is 0 Å². The van der Waals surface area contributed by atoms with E-state index in [0.717, 1.165) is 44.3 Å². The molecule has 0 unspecified atom stereocenters. The van der Waals surface area contributed by atoms with Gasteiger partial charge in [-0.3, -0.25) is 9.69 Å². The van der Waals surface area contributed by atoms with Crippen molar-refractivity contribution in [2.75, 3.05) is 39.8 Å². The number of benzene rings is 1. The number of hydrogen-bond donors (Lipinski definition) is 0. The van der Waals surface area contributed by atoms with Crippen LogP contribution < -0.4 is 0 Å². The summed E-state index contributed by atoms with van der Waals surface area (Å²) >= 11 is 0. The predicted octanol–water partition coefficient (Wildman–Crippen LogP) is 6.20. The molecule has 1 saturated heterocycles. The number of carbonyl (C=O) groups excluding carboxylic acids is 1. The Balaban J connectivity index is 1.73. The molecule has 1 aliphatic heterocycles. The van der Waals surface area contributed by atoms with Crippen LogP contribution in [0, 0.1) is 0 Å². The Labute approximate surface area is 219 Å². The summed E-state index contributed by atoms with van der Waals surface area (Å²) in [6, 6.07) is 6.90. The lowest BCUT2D eigenvalue weighted by molar-refractivity contribution is -0.140. The minimum atomic E-state index is -0.120. The standard InChI is InChI=1S/C30H50N4O2/c1-4-6-18-33(19-7-5-2)25-26-16-17-27-28(24-26)34(23-13-22-32-20-11-8-12-21-32)29(31-27)14-9-10-15-30(35)36-3/h16-17,24H,4-15,18-23,25H2,1-3H3. The van der Waals surface area contributed by atoms with Crippen LogP contribution in [-0.4, -0.2) is 65.2 Å². The van der Waals surface area contributed by atoms with Crippen LogP contribution in [0.4, 0.5) is 0 Å². The average Bonchev–Trinajstić information content (AvgIpc) is 3.25. The maximum absolute atomic E-state index is 11.5. The van der Waals surface area contributed by atoms with E-state index in [4.69, 9.17) is 9.72 Å². The molecule has 0 atom stereocenters. The van der Waals surface area contributed by atoms with Crippen molar-refractivity contribution in [3.63, 3.8) is 0 Å². The lowest BCUT2D eigenvalue weighted by Crippen LogP contribution is -2.31. The minimum Gasteiger partial charge on any atom is -0.469 e. The van der Waals surface area contributed by atoms with E-state index in [1.54, 1.807) is 0 Å². The smallest absolute Gasteiger partial charge is 0.305 e. The van der Waals surface area contributed by atoms with E-state index < -0.39 is 0 Å². The number of ether oxygens (including phenoxy) is 1. The van der Waals surface area contributed by atoms with Gasteiger partial charge in [0.05, 0.1) is 18.1 Å². The number of hydrogen-bond acceptors (Lipinski definition) is 5. The summed E-state index contributed by atoms with van der Waals surface area (Å²) < 4.78 is 7.29. The molecule has 1 aliphatic rings. The van der Waals surface area contributed by atoms with E-state index in [-0.39, 0.29) is 5.97 Å². The van der Waals surface area contributed by atoms with Gasteiger partial charge in [0.15, 0.2) is 0 Å². The summed E-state index contributed by atoms with van der Waals surface area (Å²) in [5.41, 5.74) is 3.78. The fraction of sp³-hybridized carbons (Fsp3) is 0.733. The third kappa shape index (κ3) is 9.19. The largest absolute Gasteiger partial charge is 0.469 e. The fourth-order valence-corrected chi connectivity index (χ4v) is 5.34. The second-order valence-electron chi connectivity index (χ2n) is 10.5. The van der Waals surface area contributed by atoms with Crippen molar-refractivity contribution >= 4 is 17.0 Å². The van der Waals surface area contributed by atoms with E-state index >= 15 is 0 Å². The molecule has 6 heteroatoms. The number of carbonyl (C=O) groups is 1. The van der Waals surface area contributed by atoms with Crippen LogP contribution in [0.25, 0.3) is 11.0 Å². The van der Waals surface area contributed by atoms with Gasteiger partial charge in [-0.1, -0.05) is 39.2 Å². The highest BCUT2D eigenvalue weighted by atomic mass is 16.5. The lowest BCUT2D eigenvalue weighted by Gasteiger charge is -2.26. The monoisotopic (exact) mass is 498 g/mol. The van der Waals surface area contributed by atoms with Crippen LogP contribution >= 0.6 is 0 Å². The lowest BCUT2D eigenvalue weighted by atomic mass is 10.1. The minimum absolute atomic E-state index is 0.120. The number of rotatable bonds is 17. The van der Waals surface area contributed by atoms with Crippen molar-refractivity contribution in [1.82, 2.24) is 19.4 Å². The molecule has 36 heavy (non-hydrogen) atoms. The first-order chi connectivity index (χ1) is 17.6. The van der Waals surface area contributed by atoms with Gasteiger partial charge in [0.25, 0.3) is 0 Å². The Morgan fingerprint density at radius 3 is 2.42 bits per heavy atom. The maximum Gasteiger partial charge on any atom is 0.305 e. The molecule has 2 aromatic rings. The van der Waals surface area contributed by atoms with E-state index in [0.29, 0.717) is 6.42 Å². The van der Waals surface area contributed by atoms with E-state index in [1.807, 2.05) is 0 Å². The van der Waals surface area contributed by atoms with Gasteiger partial charge in [0, 0.05) is 25.9 Å². The Hall–Kier alpha value is -1.92. The Bertz CT molecular complexity index is 896. The van der Waals surface area contributed by atoms with Gasteiger partial charge < -0.3 is 14.2 Å². The highest BCUT2D eigenvalue weighted by Crippen LogP contribution is 2.22. The molecule has 1 fully saturated rings. The molecule has 202 valence electrons. The van der Waals surface area contributed by atoms with Crippen LogP contribution in [-0.2, 0) is 29.0 Å². The highest BCUT2D eigenvalue weighted by Gasteiger charge is 2.15. The molecule has 0 bridgehead atoms. The second kappa shape index (κ2) is 16.0. The van der Waals surface area contributed by atoms with Gasteiger partial charge in [0.2, 0.25) is 0 Å². The zero-order valence-corrected chi connectivity index (χ0v) is 23.3.